The molecular formula is C14H13F3N4O4. The van der Waals surface area contributed by atoms with Gasteiger partial charge in [0.15, 0.2) is 0 Å². The van der Waals surface area contributed by atoms with E-state index < -0.39 is 30.0 Å². The van der Waals surface area contributed by atoms with E-state index in [9.17, 15) is 27.6 Å². The van der Waals surface area contributed by atoms with Crippen LogP contribution in [0.4, 0.5) is 13.2 Å². The van der Waals surface area contributed by atoms with Crippen molar-refractivity contribution in [2.45, 2.75) is 25.1 Å². The van der Waals surface area contributed by atoms with Crippen LogP contribution in [0.25, 0.3) is 11.0 Å². The molecule has 0 saturated heterocycles. The number of ether oxygens (including phenoxy) is 1. The van der Waals surface area contributed by atoms with E-state index in [0.717, 1.165) is 11.8 Å². The first-order valence-electron chi connectivity index (χ1n) is 7.03. The molecule has 1 heterocycles. The lowest BCUT2D eigenvalue weighted by Gasteiger charge is -2.18. The lowest BCUT2D eigenvalue weighted by Crippen LogP contribution is -2.48. The summed E-state index contributed by atoms with van der Waals surface area (Å²) in [5, 5.41) is 8.91. The third kappa shape index (κ3) is 4.31. The van der Waals surface area contributed by atoms with Crippen LogP contribution in [0.3, 0.4) is 0 Å². The fraction of sp³-hybridized carbons (Fsp3) is 0.357. The Morgan fingerprint density at radius 1 is 1.28 bits per heavy atom. The molecule has 0 spiro atoms. The van der Waals surface area contributed by atoms with Crippen molar-refractivity contribution in [1.29, 1.82) is 0 Å². The number of carbonyl (C=O) groups excluding carboxylic acids is 3. The smallest absolute Gasteiger partial charge is 0.469 e. The minimum absolute atomic E-state index is 0.261. The number of amides is 1. The maximum Gasteiger partial charge on any atom is 0.471 e. The highest BCUT2D eigenvalue weighted by molar-refractivity contribution is 5.95. The first-order valence-corrected chi connectivity index (χ1v) is 7.03. The summed E-state index contributed by atoms with van der Waals surface area (Å²) in [4.78, 5) is 34.9. The number of nitrogens with zero attached hydrogens (tertiary/aromatic N) is 3. The van der Waals surface area contributed by atoms with Crippen molar-refractivity contribution in [3.05, 3.63) is 24.3 Å². The Morgan fingerprint density at radius 2 is 1.96 bits per heavy atom. The lowest BCUT2D eigenvalue weighted by molar-refractivity contribution is -0.174. The molecule has 0 aliphatic carbocycles. The number of halogens is 3. The Kier molecular flexibility index (Phi) is 5.35. The van der Waals surface area contributed by atoms with Crippen LogP contribution in [-0.2, 0) is 14.3 Å². The normalized spacial score (nSPS) is 12.6. The van der Waals surface area contributed by atoms with Crippen LogP contribution in [0.1, 0.15) is 17.6 Å². The van der Waals surface area contributed by atoms with E-state index in [4.69, 9.17) is 0 Å². The summed E-state index contributed by atoms with van der Waals surface area (Å²) < 4.78 is 42.6. The van der Waals surface area contributed by atoms with Crippen LogP contribution in [0, 0.1) is 0 Å². The van der Waals surface area contributed by atoms with Gasteiger partial charge in [-0.2, -0.15) is 17.9 Å². The van der Waals surface area contributed by atoms with Gasteiger partial charge in [-0.15, -0.1) is 5.10 Å². The number of aromatic nitrogens is 3. The summed E-state index contributed by atoms with van der Waals surface area (Å²) in [6.07, 6.45) is -5.92. The van der Waals surface area contributed by atoms with Crippen molar-refractivity contribution >= 4 is 28.8 Å². The predicted octanol–water partition coefficient (Wildman–Crippen LogP) is 1.07. The lowest BCUT2D eigenvalue weighted by atomic mass is 10.1. The number of esters is 1. The van der Waals surface area contributed by atoms with E-state index in [2.05, 4.69) is 15.0 Å². The van der Waals surface area contributed by atoms with Gasteiger partial charge in [0.25, 0.3) is 5.91 Å². The van der Waals surface area contributed by atoms with Crippen molar-refractivity contribution in [2.75, 3.05) is 7.11 Å². The van der Waals surface area contributed by atoms with Crippen LogP contribution in [0.5, 0.6) is 0 Å². The van der Waals surface area contributed by atoms with Crippen LogP contribution >= 0.6 is 0 Å². The molecule has 134 valence electrons. The fourth-order valence-electron chi connectivity index (χ4n) is 2.04. The Balaban J connectivity index is 2.28. The molecule has 1 aromatic heterocycles. The second-order valence-electron chi connectivity index (χ2n) is 4.97. The zero-order valence-corrected chi connectivity index (χ0v) is 12.9. The van der Waals surface area contributed by atoms with Crippen molar-refractivity contribution in [3.8, 4) is 0 Å². The van der Waals surface area contributed by atoms with Crippen molar-refractivity contribution < 1.29 is 32.3 Å². The first kappa shape index (κ1) is 18.4. The minimum Gasteiger partial charge on any atom is -0.469 e. The number of fused-ring (bicyclic) bond motifs is 1. The number of hydrogen-bond acceptors (Lipinski definition) is 6. The van der Waals surface area contributed by atoms with Crippen molar-refractivity contribution in [1.82, 2.24) is 20.3 Å². The minimum atomic E-state index is -5.17. The molecule has 11 heteroatoms. The molecule has 8 nitrogen and oxygen atoms in total. The topological polar surface area (TPSA) is 103 Å². The molecule has 1 N–H and O–H groups in total. The van der Waals surface area contributed by atoms with Gasteiger partial charge in [0.1, 0.15) is 11.6 Å². The monoisotopic (exact) mass is 358 g/mol. The van der Waals surface area contributed by atoms with E-state index >= 15 is 0 Å². The molecule has 0 bridgehead atoms. The highest BCUT2D eigenvalue weighted by Gasteiger charge is 2.41. The van der Waals surface area contributed by atoms with Crippen LogP contribution < -0.4 is 5.32 Å². The highest BCUT2D eigenvalue weighted by Crippen LogP contribution is 2.17. The van der Waals surface area contributed by atoms with Gasteiger partial charge in [-0.1, -0.05) is 17.3 Å². The second kappa shape index (κ2) is 7.28. The molecular weight excluding hydrogens is 345 g/mol. The third-order valence-corrected chi connectivity index (χ3v) is 3.29. The molecule has 1 atom stereocenters. The predicted molar refractivity (Wildman–Crippen MR) is 77.4 cm³/mol. The van der Waals surface area contributed by atoms with E-state index in [1.807, 2.05) is 0 Å². The Hall–Kier alpha value is -2.98. The second-order valence-corrected chi connectivity index (χ2v) is 4.97. The molecule has 0 aliphatic heterocycles. The molecule has 1 aromatic carbocycles. The van der Waals surface area contributed by atoms with Gasteiger partial charge in [0.2, 0.25) is 0 Å². The van der Waals surface area contributed by atoms with Crippen molar-refractivity contribution in [2.24, 2.45) is 0 Å². The summed E-state index contributed by atoms with van der Waals surface area (Å²) in [5.41, 5.74) is 0.613. The molecule has 1 unspecified atom stereocenters. The summed E-state index contributed by atoms with van der Waals surface area (Å²) >= 11 is 0. The van der Waals surface area contributed by atoms with Gasteiger partial charge >= 0.3 is 18.1 Å². The van der Waals surface area contributed by atoms with Gasteiger partial charge < -0.3 is 10.1 Å². The summed E-state index contributed by atoms with van der Waals surface area (Å²) in [7, 11) is 1.10. The molecule has 1 amide bonds. The fourth-order valence-corrected chi connectivity index (χ4v) is 2.04. The van der Waals surface area contributed by atoms with Gasteiger partial charge in [-0.05, 0) is 18.6 Å². The summed E-state index contributed by atoms with van der Waals surface area (Å²) in [5.74, 6) is -3.97. The summed E-state index contributed by atoms with van der Waals surface area (Å²) in [6, 6.07) is 4.66. The molecule has 25 heavy (non-hydrogen) atoms. The average molecular weight is 358 g/mol. The first-order chi connectivity index (χ1) is 11.7. The number of alkyl halides is 3. The quantitative estimate of drug-likeness (QED) is 0.802. The SMILES string of the molecule is COC(=O)CCC(NC(=O)C(F)(F)F)C(=O)n1nnc2ccccc21. The standard InChI is InChI=1S/C14H13F3N4O4/c1-25-11(22)7-6-9(18-13(24)14(15,16)17)12(23)21-10-5-3-2-4-8(10)19-20-21/h2-5,9H,6-7H2,1H3,(H,18,24). The zero-order valence-electron chi connectivity index (χ0n) is 12.9. The Bertz CT molecular complexity index is 803. The van der Waals surface area contributed by atoms with Crippen LogP contribution in [0.2, 0.25) is 0 Å². The largest absolute Gasteiger partial charge is 0.471 e. The van der Waals surface area contributed by atoms with Gasteiger partial charge in [0, 0.05) is 6.42 Å². The number of hydrogen-bond donors (Lipinski definition) is 1. The molecule has 2 rings (SSSR count). The van der Waals surface area contributed by atoms with Gasteiger partial charge in [-0.25, -0.2) is 0 Å². The Morgan fingerprint density at radius 3 is 2.60 bits per heavy atom. The van der Waals surface area contributed by atoms with E-state index in [1.165, 1.54) is 6.07 Å². The Labute approximate surface area is 138 Å². The number of para-hydroxylation sites is 1. The highest BCUT2D eigenvalue weighted by atomic mass is 19.4. The number of carbonyl (C=O) groups is 3. The van der Waals surface area contributed by atoms with Gasteiger partial charge in [0.05, 0.1) is 12.6 Å². The van der Waals surface area contributed by atoms with Gasteiger partial charge in [-0.3, -0.25) is 14.4 Å². The number of methoxy groups -OCH3 is 1. The number of rotatable bonds is 5. The molecule has 0 aliphatic rings. The number of benzene rings is 1. The van der Waals surface area contributed by atoms with Crippen molar-refractivity contribution in [3.63, 3.8) is 0 Å². The molecule has 2 aromatic rings. The third-order valence-electron chi connectivity index (χ3n) is 3.29. The molecule has 0 saturated carbocycles. The molecule has 0 radical (unpaired) electrons. The maximum absolute atomic E-state index is 12.5. The number of nitrogens with one attached hydrogen (secondary N) is 1. The van der Waals surface area contributed by atoms with E-state index in [-0.39, 0.29) is 18.4 Å². The van der Waals surface area contributed by atoms with Crippen LogP contribution in [0.15, 0.2) is 24.3 Å². The average Bonchev–Trinajstić information content (AvgIpc) is 3.00. The van der Waals surface area contributed by atoms with E-state index in [0.29, 0.717) is 5.52 Å². The van der Waals surface area contributed by atoms with E-state index in [1.54, 1.807) is 23.5 Å². The molecule has 0 fully saturated rings. The maximum atomic E-state index is 12.5. The van der Waals surface area contributed by atoms with Crippen LogP contribution in [-0.4, -0.2) is 52.1 Å². The zero-order chi connectivity index (χ0) is 18.6. The summed E-state index contributed by atoms with van der Waals surface area (Å²) in [6.45, 7) is 0.